The summed E-state index contributed by atoms with van der Waals surface area (Å²) in [7, 11) is 0. The standard InChI is InChI=1S/C42H45Cl2N3O2/c1-27(13-14-28(2)48)25-46-21-5-7-31-23-29(15-18-38(31)46)34-9-3-11-36(41(34)43)37-12-4-10-35(42(37)44)30-16-19-39-32(24-30)8-6-22-47(39)26-33-17-20-40(49)45-33/h3-4,9-12,15-16,18-19,23-24,27,33H,5-8,13-14,17,20-22,25-26H2,1-2H3,(H,45,49)/t27-,33-/m0/s1. The minimum atomic E-state index is 0.163. The van der Waals surface area contributed by atoms with Gasteiger partial charge in [0.15, 0.2) is 0 Å². The molecule has 49 heavy (non-hydrogen) atoms. The molecule has 0 radical (unpaired) electrons. The van der Waals surface area contributed by atoms with Crippen LogP contribution in [0, 0.1) is 5.92 Å². The summed E-state index contributed by atoms with van der Waals surface area (Å²) in [6.07, 6.45) is 7.39. The van der Waals surface area contributed by atoms with Crippen molar-refractivity contribution >= 4 is 46.3 Å². The van der Waals surface area contributed by atoms with Crippen molar-refractivity contribution in [3.63, 3.8) is 0 Å². The molecule has 7 heteroatoms. The molecule has 2 atom stereocenters. The number of Topliss-reactive ketones (excluding diaryl/α,β-unsaturated/α-hetero) is 1. The van der Waals surface area contributed by atoms with Crippen LogP contribution in [0.15, 0.2) is 72.8 Å². The Balaban J connectivity index is 1.14. The van der Waals surface area contributed by atoms with Crippen LogP contribution in [0.25, 0.3) is 33.4 Å². The number of fused-ring (bicyclic) bond motifs is 2. The maximum atomic E-state index is 11.8. The van der Waals surface area contributed by atoms with Crippen molar-refractivity contribution in [2.45, 2.75) is 71.3 Å². The van der Waals surface area contributed by atoms with E-state index in [-0.39, 0.29) is 17.7 Å². The number of ketones is 1. The highest BCUT2D eigenvalue weighted by Gasteiger charge is 2.26. The van der Waals surface area contributed by atoms with Crippen molar-refractivity contribution in [3.05, 3.63) is 94.0 Å². The minimum Gasteiger partial charge on any atom is -0.371 e. The molecule has 0 unspecified atom stereocenters. The van der Waals surface area contributed by atoms with Gasteiger partial charge in [0.05, 0.1) is 10.0 Å². The molecule has 3 aliphatic rings. The third-order valence-corrected chi connectivity index (χ3v) is 11.4. The molecular weight excluding hydrogens is 649 g/mol. The fourth-order valence-electron chi connectivity index (χ4n) is 7.99. The number of hydrogen-bond donors (Lipinski definition) is 1. The van der Waals surface area contributed by atoms with E-state index in [1.165, 1.54) is 22.5 Å². The van der Waals surface area contributed by atoms with Crippen LogP contribution in [0.1, 0.15) is 63.5 Å². The highest BCUT2D eigenvalue weighted by molar-refractivity contribution is 6.39. The maximum absolute atomic E-state index is 11.8. The summed E-state index contributed by atoms with van der Waals surface area (Å²) in [6.45, 7) is 7.80. The zero-order valence-electron chi connectivity index (χ0n) is 28.5. The van der Waals surface area contributed by atoms with E-state index in [0.717, 1.165) is 98.1 Å². The number of rotatable bonds is 10. The molecule has 254 valence electrons. The lowest BCUT2D eigenvalue weighted by Crippen LogP contribution is -2.41. The Morgan fingerprint density at radius 2 is 1.35 bits per heavy atom. The van der Waals surface area contributed by atoms with Gasteiger partial charge in [-0.3, -0.25) is 4.79 Å². The van der Waals surface area contributed by atoms with E-state index in [2.05, 4.69) is 94.8 Å². The van der Waals surface area contributed by atoms with Crippen LogP contribution in [0.3, 0.4) is 0 Å². The predicted molar refractivity (Wildman–Crippen MR) is 204 cm³/mol. The van der Waals surface area contributed by atoms with Gasteiger partial charge in [-0.25, -0.2) is 0 Å². The molecule has 3 aliphatic heterocycles. The van der Waals surface area contributed by atoms with Gasteiger partial charge in [0.2, 0.25) is 5.91 Å². The first-order valence-electron chi connectivity index (χ1n) is 17.9. The zero-order chi connectivity index (χ0) is 34.1. The molecule has 0 spiro atoms. The number of anilines is 2. The van der Waals surface area contributed by atoms with E-state index >= 15 is 0 Å². The Bertz CT molecular complexity index is 1890. The smallest absolute Gasteiger partial charge is 0.220 e. The monoisotopic (exact) mass is 693 g/mol. The van der Waals surface area contributed by atoms with Crippen LogP contribution < -0.4 is 15.1 Å². The number of nitrogens with one attached hydrogen (secondary N) is 1. The van der Waals surface area contributed by atoms with E-state index in [1.54, 1.807) is 6.92 Å². The number of carbonyl (C=O) groups excluding carboxylic acids is 2. The summed E-state index contributed by atoms with van der Waals surface area (Å²) in [6, 6.07) is 26.1. The molecule has 1 N–H and O–H groups in total. The number of hydrogen-bond acceptors (Lipinski definition) is 4. The van der Waals surface area contributed by atoms with Crippen LogP contribution in [0.2, 0.25) is 10.0 Å². The van der Waals surface area contributed by atoms with E-state index in [4.69, 9.17) is 23.2 Å². The molecule has 4 aromatic carbocycles. The van der Waals surface area contributed by atoms with Gasteiger partial charge in [0, 0.05) is 78.7 Å². The quantitative estimate of drug-likeness (QED) is 0.180. The van der Waals surface area contributed by atoms with Crippen LogP contribution >= 0.6 is 23.2 Å². The molecule has 0 bridgehead atoms. The number of benzene rings is 4. The first-order valence-corrected chi connectivity index (χ1v) is 18.6. The SMILES string of the molecule is CC(=O)CC[C@H](C)CN1CCCc2cc(-c3cccc(-c4cccc(-c5ccc6c(c5)CCCN6C[C@@H]5CCC(=O)N5)c4Cl)c3Cl)ccc21. The second-order valence-electron chi connectivity index (χ2n) is 14.3. The average molecular weight is 695 g/mol. The van der Waals surface area contributed by atoms with Crippen LogP contribution in [-0.2, 0) is 22.4 Å². The summed E-state index contributed by atoms with van der Waals surface area (Å²) < 4.78 is 0. The largest absolute Gasteiger partial charge is 0.371 e. The summed E-state index contributed by atoms with van der Waals surface area (Å²) in [5, 5.41) is 4.52. The Labute approximate surface area is 300 Å². The van der Waals surface area contributed by atoms with Crippen molar-refractivity contribution in [3.8, 4) is 33.4 Å². The molecule has 1 fully saturated rings. The van der Waals surface area contributed by atoms with Gasteiger partial charge in [0.25, 0.3) is 0 Å². The van der Waals surface area contributed by atoms with Crippen molar-refractivity contribution in [2.24, 2.45) is 5.92 Å². The Morgan fingerprint density at radius 3 is 1.90 bits per heavy atom. The average Bonchev–Trinajstić information content (AvgIpc) is 3.51. The first-order chi connectivity index (χ1) is 23.7. The summed E-state index contributed by atoms with van der Waals surface area (Å²) in [4.78, 5) is 28.2. The number of aryl methyl sites for hydroxylation is 2. The third kappa shape index (κ3) is 7.25. The highest BCUT2D eigenvalue weighted by atomic mass is 35.5. The maximum Gasteiger partial charge on any atom is 0.220 e. The molecule has 7 rings (SSSR count). The fourth-order valence-corrected chi connectivity index (χ4v) is 8.66. The normalized spacial score (nSPS) is 17.8. The van der Waals surface area contributed by atoms with Gasteiger partial charge in [-0.1, -0.05) is 78.7 Å². The van der Waals surface area contributed by atoms with E-state index in [9.17, 15) is 9.59 Å². The van der Waals surface area contributed by atoms with Gasteiger partial charge in [-0.2, -0.15) is 0 Å². The van der Waals surface area contributed by atoms with Crippen molar-refractivity contribution in [1.82, 2.24) is 5.32 Å². The van der Waals surface area contributed by atoms with Gasteiger partial charge >= 0.3 is 0 Å². The van der Waals surface area contributed by atoms with Crippen molar-refractivity contribution in [1.29, 1.82) is 0 Å². The van der Waals surface area contributed by atoms with Crippen molar-refractivity contribution < 1.29 is 9.59 Å². The highest BCUT2D eigenvalue weighted by Crippen LogP contribution is 2.44. The predicted octanol–water partition coefficient (Wildman–Crippen LogP) is 9.78. The van der Waals surface area contributed by atoms with Gasteiger partial charge in [0.1, 0.15) is 5.78 Å². The first kappa shape index (κ1) is 33.7. The molecule has 0 aliphatic carbocycles. The van der Waals surface area contributed by atoms with Crippen LogP contribution in [0.4, 0.5) is 11.4 Å². The summed E-state index contributed by atoms with van der Waals surface area (Å²) >= 11 is 14.5. The Morgan fingerprint density at radius 1 is 0.796 bits per heavy atom. The Hall–Kier alpha value is -3.80. The van der Waals surface area contributed by atoms with E-state index in [1.807, 2.05) is 0 Å². The van der Waals surface area contributed by atoms with Gasteiger partial charge in [-0.15, -0.1) is 0 Å². The molecule has 4 aromatic rings. The Kier molecular flexibility index (Phi) is 10.0. The molecule has 3 heterocycles. The number of nitrogens with zero attached hydrogens (tertiary/aromatic N) is 2. The lowest BCUT2D eigenvalue weighted by Gasteiger charge is -2.34. The molecule has 1 saturated heterocycles. The van der Waals surface area contributed by atoms with E-state index < -0.39 is 0 Å². The molecule has 0 saturated carbocycles. The zero-order valence-corrected chi connectivity index (χ0v) is 30.0. The van der Waals surface area contributed by atoms with E-state index in [0.29, 0.717) is 28.8 Å². The number of carbonyl (C=O) groups is 2. The molecule has 5 nitrogen and oxygen atoms in total. The molecular formula is C42H45Cl2N3O2. The van der Waals surface area contributed by atoms with Gasteiger partial charge < -0.3 is 19.9 Å². The number of amides is 1. The lowest BCUT2D eigenvalue weighted by atomic mass is 9.92. The molecule has 1 amide bonds. The van der Waals surface area contributed by atoms with Crippen molar-refractivity contribution in [2.75, 3.05) is 36.0 Å². The minimum absolute atomic E-state index is 0.163. The number of halogens is 2. The second-order valence-corrected chi connectivity index (χ2v) is 15.0. The lowest BCUT2D eigenvalue weighted by molar-refractivity contribution is -0.119. The third-order valence-electron chi connectivity index (χ3n) is 10.5. The fraction of sp³-hybridized carbons (Fsp3) is 0.381. The second kappa shape index (κ2) is 14.6. The summed E-state index contributed by atoms with van der Waals surface area (Å²) in [5.74, 6) is 0.891. The molecule has 0 aromatic heterocycles. The summed E-state index contributed by atoms with van der Waals surface area (Å²) in [5.41, 5.74) is 11.3. The topological polar surface area (TPSA) is 52.7 Å². The van der Waals surface area contributed by atoms with Crippen LogP contribution in [0.5, 0.6) is 0 Å². The van der Waals surface area contributed by atoms with Crippen LogP contribution in [-0.4, -0.2) is 43.9 Å². The van der Waals surface area contributed by atoms with Gasteiger partial charge in [-0.05, 0) is 97.9 Å².